The summed E-state index contributed by atoms with van der Waals surface area (Å²) in [5.41, 5.74) is 0. The Morgan fingerprint density at radius 3 is 2.75 bits per heavy atom. The number of thiol groups is 1. The summed E-state index contributed by atoms with van der Waals surface area (Å²) >= 11 is 3.60. The summed E-state index contributed by atoms with van der Waals surface area (Å²) in [6, 6.07) is 0. The topological polar surface area (TPSA) is 21.3 Å². The quantitative estimate of drug-likeness (QED) is 0.331. The summed E-state index contributed by atoms with van der Waals surface area (Å²) in [7, 11) is 1.95. The summed E-state index contributed by atoms with van der Waals surface area (Å²) in [5, 5.41) is 3.05. The van der Waals surface area contributed by atoms with Crippen LogP contribution in [0.25, 0.3) is 0 Å². The van der Waals surface area contributed by atoms with Gasteiger partial charge in [-0.1, -0.05) is 0 Å². The highest BCUT2D eigenvalue weighted by Crippen LogP contribution is 1.88. The Labute approximate surface area is 56.2 Å². The maximum absolute atomic E-state index is 4.56. The molecule has 0 bridgehead atoms. The molecule has 0 fully saturated rings. The van der Waals surface area contributed by atoms with Crippen molar-refractivity contribution < 1.29 is 4.18 Å². The number of hydrogen-bond donors (Lipinski definition) is 2. The van der Waals surface area contributed by atoms with Gasteiger partial charge >= 0.3 is 0 Å². The van der Waals surface area contributed by atoms with Crippen LogP contribution in [0.4, 0.5) is 0 Å². The van der Waals surface area contributed by atoms with E-state index < -0.39 is 0 Å². The molecule has 2 nitrogen and oxygen atoms in total. The average Bonchev–Trinajstić information content (AvgIpc) is 1.81. The summed E-state index contributed by atoms with van der Waals surface area (Å²) in [5.74, 6) is 0. The summed E-state index contributed by atoms with van der Waals surface area (Å²) in [4.78, 5) is 0. The second kappa shape index (κ2) is 7.27. The summed E-state index contributed by atoms with van der Waals surface area (Å²) < 4.78 is 4.56. The Balaban J connectivity index is 2.53. The van der Waals surface area contributed by atoms with Gasteiger partial charge in [0.15, 0.2) is 0 Å². The number of nitrogens with one attached hydrogen (secondary N) is 1. The maximum Gasteiger partial charge on any atom is 0.0611 e. The standard InChI is InChI=1S/C5H13NOS/c1-6-4-2-3-5-7-8/h6,8H,2-5H2,1H3. The lowest BCUT2D eigenvalue weighted by Gasteiger charge is -1.95. The molecule has 0 unspecified atom stereocenters. The van der Waals surface area contributed by atoms with Crippen molar-refractivity contribution in [2.24, 2.45) is 0 Å². The maximum atomic E-state index is 4.56. The summed E-state index contributed by atoms with van der Waals surface area (Å²) in [6.07, 6.45) is 2.25. The molecular weight excluding hydrogens is 122 g/mol. The molecule has 0 aliphatic carbocycles. The average molecular weight is 135 g/mol. The van der Waals surface area contributed by atoms with Gasteiger partial charge in [0, 0.05) is 0 Å². The fourth-order valence-corrected chi connectivity index (χ4v) is 0.597. The lowest BCUT2D eigenvalue weighted by molar-refractivity contribution is 0.365. The van der Waals surface area contributed by atoms with Gasteiger partial charge in [0.25, 0.3) is 0 Å². The van der Waals surface area contributed by atoms with E-state index in [-0.39, 0.29) is 0 Å². The highest BCUT2D eigenvalue weighted by Gasteiger charge is 1.83. The molecule has 0 aromatic rings. The van der Waals surface area contributed by atoms with Crippen molar-refractivity contribution in [1.29, 1.82) is 0 Å². The third-order valence-electron chi connectivity index (χ3n) is 0.912. The highest BCUT2D eigenvalue weighted by atomic mass is 32.1. The van der Waals surface area contributed by atoms with Crippen LogP contribution in [0, 0.1) is 0 Å². The molecular formula is C5H13NOS. The van der Waals surface area contributed by atoms with Crippen molar-refractivity contribution in [2.75, 3.05) is 20.2 Å². The highest BCUT2D eigenvalue weighted by molar-refractivity contribution is 7.75. The largest absolute Gasteiger partial charge is 0.320 e. The van der Waals surface area contributed by atoms with E-state index in [1.807, 2.05) is 7.05 Å². The Kier molecular flexibility index (Phi) is 7.52. The van der Waals surface area contributed by atoms with Gasteiger partial charge < -0.3 is 9.50 Å². The van der Waals surface area contributed by atoms with E-state index in [9.17, 15) is 0 Å². The first kappa shape index (κ1) is 8.27. The van der Waals surface area contributed by atoms with Gasteiger partial charge in [0.1, 0.15) is 0 Å². The summed E-state index contributed by atoms with van der Waals surface area (Å²) in [6.45, 7) is 1.82. The zero-order valence-corrected chi connectivity index (χ0v) is 6.08. The molecule has 0 amide bonds. The van der Waals surface area contributed by atoms with Crippen molar-refractivity contribution in [3.05, 3.63) is 0 Å². The molecule has 0 aromatic heterocycles. The Morgan fingerprint density at radius 2 is 2.25 bits per heavy atom. The minimum atomic E-state index is 0.755. The van der Waals surface area contributed by atoms with E-state index in [4.69, 9.17) is 0 Å². The van der Waals surface area contributed by atoms with E-state index in [1.54, 1.807) is 0 Å². The second-order valence-corrected chi connectivity index (χ2v) is 1.90. The van der Waals surface area contributed by atoms with Crippen LogP contribution in [-0.4, -0.2) is 20.2 Å². The van der Waals surface area contributed by atoms with E-state index in [0.717, 1.165) is 26.0 Å². The minimum absolute atomic E-state index is 0.755. The van der Waals surface area contributed by atoms with Gasteiger partial charge in [-0.15, -0.1) is 0 Å². The number of rotatable bonds is 5. The van der Waals surface area contributed by atoms with Crippen LogP contribution in [0.3, 0.4) is 0 Å². The van der Waals surface area contributed by atoms with Gasteiger partial charge in [0.05, 0.1) is 6.61 Å². The van der Waals surface area contributed by atoms with Gasteiger partial charge in [-0.3, -0.25) is 0 Å². The van der Waals surface area contributed by atoms with Crippen molar-refractivity contribution >= 4 is 12.9 Å². The SMILES string of the molecule is CNCCCCOS. The van der Waals surface area contributed by atoms with Crippen molar-refractivity contribution in [2.45, 2.75) is 12.8 Å². The molecule has 50 valence electrons. The first-order valence-electron chi connectivity index (χ1n) is 2.82. The zero-order valence-electron chi connectivity index (χ0n) is 5.18. The normalized spacial score (nSPS) is 9.75. The lowest BCUT2D eigenvalue weighted by atomic mass is 10.3. The van der Waals surface area contributed by atoms with E-state index in [0.29, 0.717) is 0 Å². The van der Waals surface area contributed by atoms with Gasteiger partial charge in [-0.05, 0) is 39.3 Å². The predicted octanol–water partition coefficient (Wildman–Crippen LogP) is 0.847. The first-order chi connectivity index (χ1) is 3.91. The number of unbranched alkanes of at least 4 members (excludes halogenated alkanes) is 1. The third kappa shape index (κ3) is 6.27. The molecule has 0 saturated carbocycles. The molecule has 0 aliphatic heterocycles. The molecule has 0 aliphatic rings. The van der Waals surface area contributed by atoms with Gasteiger partial charge in [0.2, 0.25) is 0 Å². The number of hydrogen-bond acceptors (Lipinski definition) is 3. The molecule has 0 spiro atoms. The van der Waals surface area contributed by atoms with Crippen LogP contribution in [0.1, 0.15) is 12.8 Å². The molecule has 0 radical (unpaired) electrons. The second-order valence-electron chi connectivity index (χ2n) is 1.64. The molecule has 1 N–H and O–H groups in total. The molecule has 0 aromatic carbocycles. The van der Waals surface area contributed by atoms with Crippen LogP contribution in [0.2, 0.25) is 0 Å². The molecule has 3 heteroatoms. The van der Waals surface area contributed by atoms with Crippen LogP contribution < -0.4 is 5.32 Å². The molecule has 0 saturated heterocycles. The monoisotopic (exact) mass is 135 g/mol. The van der Waals surface area contributed by atoms with Crippen LogP contribution in [0.15, 0.2) is 0 Å². The van der Waals surface area contributed by atoms with Crippen LogP contribution >= 0.6 is 12.9 Å². The Hall–Kier alpha value is 0.270. The molecule has 8 heavy (non-hydrogen) atoms. The third-order valence-corrected chi connectivity index (χ3v) is 1.09. The van der Waals surface area contributed by atoms with E-state index in [2.05, 4.69) is 22.4 Å². The molecule has 0 atom stereocenters. The van der Waals surface area contributed by atoms with Crippen molar-refractivity contribution in [1.82, 2.24) is 5.32 Å². The molecule has 0 rings (SSSR count). The van der Waals surface area contributed by atoms with Crippen molar-refractivity contribution in [3.63, 3.8) is 0 Å². The van der Waals surface area contributed by atoms with Crippen LogP contribution in [-0.2, 0) is 4.18 Å². The predicted molar refractivity (Wildman–Crippen MR) is 38.1 cm³/mol. The Bertz CT molecular complexity index is 37.4. The smallest absolute Gasteiger partial charge is 0.0611 e. The molecule has 0 heterocycles. The van der Waals surface area contributed by atoms with Gasteiger partial charge in [-0.2, -0.15) is 0 Å². The van der Waals surface area contributed by atoms with Gasteiger partial charge in [-0.25, -0.2) is 0 Å². The lowest BCUT2D eigenvalue weighted by Crippen LogP contribution is -2.07. The van der Waals surface area contributed by atoms with E-state index in [1.165, 1.54) is 0 Å². The fraction of sp³-hybridized carbons (Fsp3) is 1.00. The van der Waals surface area contributed by atoms with Crippen LogP contribution in [0.5, 0.6) is 0 Å². The Morgan fingerprint density at radius 1 is 1.50 bits per heavy atom. The van der Waals surface area contributed by atoms with E-state index >= 15 is 0 Å². The minimum Gasteiger partial charge on any atom is -0.320 e. The first-order valence-corrected chi connectivity index (χ1v) is 3.19. The zero-order chi connectivity index (χ0) is 6.24. The fourth-order valence-electron chi connectivity index (χ4n) is 0.468. The van der Waals surface area contributed by atoms with Crippen molar-refractivity contribution in [3.8, 4) is 0 Å².